The molecule has 0 saturated heterocycles. The van der Waals surface area contributed by atoms with E-state index in [1.54, 1.807) is 14.2 Å². The molecule has 0 radical (unpaired) electrons. The third kappa shape index (κ3) is 5.13. The molecule has 3 nitrogen and oxygen atoms in total. The molecule has 19 heavy (non-hydrogen) atoms. The van der Waals surface area contributed by atoms with Gasteiger partial charge in [-0.2, -0.15) is 0 Å². The quantitative estimate of drug-likeness (QED) is 0.792. The Morgan fingerprint density at radius 3 is 2.58 bits per heavy atom. The Morgan fingerprint density at radius 2 is 2.05 bits per heavy atom. The van der Waals surface area contributed by atoms with Gasteiger partial charge in [0, 0.05) is 13.2 Å². The van der Waals surface area contributed by atoms with Gasteiger partial charge in [0.05, 0.1) is 17.7 Å². The molecule has 0 aliphatic rings. The largest absolute Gasteiger partial charge is 0.496 e. The number of halogens is 1. The molecule has 1 N–H and O–H groups in total. The van der Waals surface area contributed by atoms with Gasteiger partial charge < -0.3 is 14.8 Å². The van der Waals surface area contributed by atoms with Gasteiger partial charge in [0.15, 0.2) is 0 Å². The van der Waals surface area contributed by atoms with Gasteiger partial charge in [0.1, 0.15) is 5.75 Å². The minimum atomic E-state index is 0.187. The SMILES string of the molecule is CCCNC(Cc1ccc(OC)c(Br)c1)C(C)OC. The Bertz CT molecular complexity index is 384. The summed E-state index contributed by atoms with van der Waals surface area (Å²) >= 11 is 3.53. The fourth-order valence-corrected chi connectivity index (χ4v) is 2.58. The van der Waals surface area contributed by atoms with Gasteiger partial charge in [-0.3, -0.25) is 0 Å². The van der Waals surface area contributed by atoms with E-state index >= 15 is 0 Å². The highest BCUT2D eigenvalue weighted by Crippen LogP contribution is 2.26. The summed E-state index contributed by atoms with van der Waals surface area (Å²) in [6.07, 6.45) is 2.25. The predicted octanol–water partition coefficient (Wildman–Crippen LogP) is 3.40. The molecule has 1 aromatic carbocycles. The Morgan fingerprint density at radius 1 is 1.32 bits per heavy atom. The van der Waals surface area contributed by atoms with Crippen LogP contribution in [0, 0.1) is 0 Å². The van der Waals surface area contributed by atoms with Crippen molar-refractivity contribution in [2.24, 2.45) is 0 Å². The molecule has 0 aromatic heterocycles. The molecule has 0 aliphatic carbocycles. The first kappa shape index (κ1) is 16.5. The van der Waals surface area contributed by atoms with Crippen molar-refractivity contribution >= 4 is 15.9 Å². The molecule has 0 spiro atoms. The van der Waals surface area contributed by atoms with Gasteiger partial charge in [-0.05, 0) is 59.9 Å². The highest BCUT2D eigenvalue weighted by molar-refractivity contribution is 9.10. The van der Waals surface area contributed by atoms with Crippen molar-refractivity contribution in [1.29, 1.82) is 0 Å². The average Bonchev–Trinajstić information content (AvgIpc) is 2.42. The lowest BCUT2D eigenvalue weighted by Crippen LogP contribution is -2.41. The molecule has 4 heteroatoms. The predicted molar refractivity (Wildman–Crippen MR) is 83.0 cm³/mol. The van der Waals surface area contributed by atoms with Crippen LogP contribution >= 0.6 is 15.9 Å². The maximum absolute atomic E-state index is 5.46. The van der Waals surface area contributed by atoms with Crippen molar-refractivity contribution in [3.8, 4) is 5.75 Å². The van der Waals surface area contributed by atoms with Crippen LogP contribution in [0.15, 0.2) is 22.7 Å². The van der Waals surface area contributed by atoms with E-state index in [4.69, 9.17) is 9.47 Å². The molecule has 0 fully saturated rings. The van der Waals surface area contributed by atoms with Crippen molar-refractivity contribution in [3.63, 3.8) is 0 Å². The van der Waals surface area contributed by atoms with Crippen LogP contribution in [0.4, 0.5) is 0 Å². The minimum Gasteiger partial charge on any atom is -0.496 e. The number of rotatable bonds is 8. The summed E-state index contributed by atoms with van der Waals surface area (Å²) in [5.74, 6) is 0.863. The number of hydrogen-bond donors (Lipinski definition) is 1. The van der Waals surface area contributed by atoms with Gasteiger partial charge in [-0.15, -0.1) is 0 Å². The topological polar surface area (TPSA) is 30.5 Å². The second-order valence-corrected chi connectivity index (χ2v) is 5.53. The zero-order valence-corrected chi connectivity index (χ0v) is 13.8. The molecule has 1 rings (SSSR count). The van der Waals surface area contributed by atoms with Crippen molar-refractivity contribution in [2.45, 2.75) is 38.8 Å². The maximum Gasteiger partial charge on any atom is 0.133 e. The monoisotopic (exact) mass is 329 g/mol. The Balaban J connectivity index is 2.74. The van der Waals surface area contributed by atoms with Crippen molar-refractivity contribution in [2.75, 3.05) is 20.8 Å². The normalized spacial score (nSPS) is 14.2. The van der Waals surface area contributed by atoms with Gasteiger partial charge in [-0.25, -0.2) is 0 Å². The van der Waals surface area contributed by atoms with Crippen molar-refractivity contribution in [3.05, 3.63) is 28.2 Å². The third-order valence-electron chi connectivity index (χ3n) is 3.27. The first-order valence-corrected chi connectivity index (χ1v) is 7.50. The molecule has 0 bridgehead atoms. The summed E-state index contributed by atoms with van der Waals surface area (Å²) in [5, 5.41) is 3.55. The maximum atomic E-state index is 5.46. The molecule has 0 heterocycles. The molecule has 108 valence electrons. The van der Waals surface area contributed by atoms with E-state index < -0.39 is 0 Å². The molecule has 2 atom stereocenters. The number of ether oxygens (including phenoxy) is 2. The lowest BCUT2D eigenvalue weighted by atomic mass is 10.0. The van der Waals surface area contributed by atoms with Crippen LogP contribution in [0.5, 0.6) is 5.75 Å². The summed E-state index contributed by atoms with van der Waals surface area (Å²) < 4.78 is 11.7. The molecule has 2 unspecified atom stereocenters. The first-order valence-electron chi connectivity index (χ1n) is 6.71. The van der Waals surface area contributed by atoms with E-state index in [-0.39, 0.29) is 6.10 Å². The fraction of sp³-hybridized carbons (Fsp3) is 0.600. The van der Waals surface area contributed by atoms with Crippen LogP contribution in [0.25, 0.3) is 0 Å². The van der Waals surface area contributed by atoms with Gasteiger partial charge in [-0.1, -0.05) is 13.0 Å². The minimum absolute atomic E-state index is 0.187. The number of hydrogen-bond acceptors (Lipinski definition) is 3. The summed E-state index contributed by atoms with van der Waals surface area (Å²) in [4.78, 5) is 0. The van der Waals surface area contributed by atoms with E-state index in [2.05, 4.69) is 47.2 Å². The van der Waals surface area contributed by atoms with Crippen LogP contribution in [-0.4, -0.2) is 32.9 Å². The number of benzene rings is 1. The van der Waals surface area contributed by atoms with Crippen molar-refractivity contribution in [1.82, 2.24) is 5.32 Å². The lowest BCUT2D eigenvalue weighted by Gasteiger charge is -2.24. The van der Waals surface area contributed by atoms with Crippen molar-refractivity contribution < 1.29 is 9.47 Å². The second-order valence-electron chi connectivity index (χ2n) is 4.67. The van der Waals surface area contributed by atoms with Crippen LogP contribution in [0.1, 0.15) is 25.8 Å². The Labute approximate surface area is 124 Å². The third-order valence-corrected chi connectivity index (χ3v) is 3.89. The highest BCUT2D eigenvalue weighted by atomic mass is 79.9. The van der Waals surface area contributed by atoms with Gasteiger partial charge in [0.2, 0.25) is 0 Å². The van der Waals surface area contributed by atoms with E-state index in [1.165, 1.54) is 5.56 Å². The average molecular weight is 330 g/mol. The molecule has 1 aromatic rings. The Hall–Kier alpha value is -0.580. The van der Waals surface area contributed by atoms with E-state index in [0.717, 1.165) is 29.6 Å². The lowest BCUT2D eigenvalue weighted by molar-refractivity contribution is 0.0831. The molecular formula is C15H24BrNO2. The first-order chi connectivity index (χ1) is 9.12. The number of nitrogens with one attached hydrogen (secondary N) is 1. The van der Waals surface area contributed by atoms with Crippen LogP contribution in [0.2, 0.25) is 0 Å². The van der Waals surface area contributed by atoms with E-state index in [0.29, 0.717) is 6.04 Å². The molecular weight excluding hydrogens is 306 g/mol. The molecule has 0 saturated carbocycles. The molecule has 0 aliphatic heterocycles. The molecule has 0 amide bonds. The number of methoxy groups -OCH3 is 2. The summed E-state index contributed by atoms with van der Waals surface area (Å²) in [5.41, 5.74) is 1.27. The zero-order valence-electron chi connectivity index (χ0n) is 12.2. The zero-order chi connectivity index (χ0) is 14.3. The van der Waals surface area contributed by atoms with Gasteiger partial charge in [0.25, 0.3) is 0 Å². The van der Waals surface area contributed by atoms with Gasteiger partial charge >= 0.3 is 0 Å². The Kier molecular flexibility index (Phi) is 7.42. The van der Waals surface area contributed by atoms with Crippen LogP contribution in [-0.2, 0) is 11.2 Å². The summed E-state index contributed by atoms with van der Waals surface area (Å²) in [6, 6.07) is 6.53. The highest BCUT2D eigenvalue weighted by Gasteiger charge is 2.17. The van der Waals surface area contributed by atoms with E-state index in [9.17, 15) is 0 Å². The van der Waals surface area contributed by atoms with Crippen LogP contribution in [0.3, 0.4) is 0 Å². The summed E-state index contributed by atoms with van der Waals surface area (Å²) in [7, 11) is 3.44. The van der Waals surface area contributed by atoms with Crippen LogP contribution < -0.4 is 10.1 Å². The summed E-state index contributed by atoms with van der Waals surface area (Å²) in [6.45, 7) is 5.28. The smallest absolute Gasteiger partial charge is 0.133 e. The fourth-order valence-electron chi connectivity index (χ4n) is 1.99. The van der Waals surface area contributed by atoms with E-state index in [1.807, 2.05) is 6.07 Å². The second kappa shape index (κ2) is 8.56. The standard InChI is InChI=1S/C15H24BrNO2/c1-5-8-17-14(11(2)18-3)10-12-6-7-15(19-4)13(16)9-12/h6-7,9,11,14,17H,5,8,10H2,1-4H3.